The largest absolute Gasteiger partial charge is 0.496 e. The highest BCUT2D eigenvalue weighted by molar-refractivity contribution is 9.10. The van der Waals surface area contributed by atoms with E-state index in [0.29, 0.717) is 5.41 Å². The molecule has 0 aromatic heterocycles. The first-order valence-electron chi connectivity index (χ1n) is 9.77. The molecular weight excluding hydrogens is 423 g/mol. The molecule has 1 nitrogen and oxygen atoms in total. The number of methoxy groups -OCH3 is 1. The molecule has 0 radical (unpaired) electrons. The average molecular weight is 451 g/mol. The van der Waals surface area contributed by atoms with Gasteiger partial charge in [-0.2, -0.15) is 0 Å². The quantitative estimate of drug-likeness (QED) is 0.443. The Bertz CT molecular complexity index is 777. The van der Waals surface area contributed by atoms with Crippen LogP contribution < -0.4 is 4.74 Å². The minimum absolute atomic E-state index is 0.175. The summed E-state index contributed by atoms with van der Waals surface area (Å²) in [4.78, 5) is 1.29. The van der Waals surface area contributed by atoms with Crippen molar-refractivity contribution in [1.82, 2.24) is 0 Å². The summed E-state index contributed by atoms with van der Waals surface area (Å²) in [5.74, 6) is 2.09. The minimum atomic E-state index is -0.175. The van der Waals surface area contributed by atoms with Gasteiger partial charge in [0.2, 0.25) is 0 Å². The molecule has 2 aromatic rings. The monoisotopic (exact) mass is 450 g/mol. The van der Waals surface area contributed by atoms with Crippen LogP contribution in [0.2, 0.25) is 0 Å². The third-order valence-corrected chi connectivity index (χ3v) is 7.95. The summed E-state index contributed by atoms with van der Waals surface area (Å²) in [5, 5.41) is 0. The average Bonchev–Trinajstić information content (AvgIpc) is 2.84. The summed E-state index contributed by atoms with van der Waals surface area (Å²) < 4.78 is 20.1. The van der Waals surface area contributed by atoms with E-state index in [2.05, 4.69) is 41.9 Å². The molecule has 4 heteroatoms. The van der Waals surface area contributed by atoms with E-state index in [1.54, 1.807) is 19.2 Å². The molecule has 1 aliphatic rings. The standard InChI is InChI=1S/C23H28BrFOS/c1-4-6-11-23(5-2)14-19(16-7-9-17(25)10-8-16)18-12-20(24)21(26-3)13-22(18)27-15-23/h7-10,12-13,19H,4-6,11,14-15H2,1-3H3. The molecule has 0 saturated carbocycles. The van der Waals surface area contributed by atoms with Crippen LogP contribution in [0.15, 0.2) is 45.8 Å². The van der Waals surface area contributed by atoms with Crippen LogP contribution in [0.3, 0.4) is 0 Å². The maximum absolute atomic E-state index is 13.5. The first kappa shape index (κ1) is 20.7. The second-order valence-electron chi connectivity index (χ2n) is 7.58. The fourth-order valence-corrected chi connectivity index (χ4v) is 6.09. The molecular formula is C23H28BrFOS. The highest BCUT2D eigenvalue weighted by Gasteiger charge is 2.36. The highest BCUT2D eigenvalue weighted by atomic mass is 79.9. The summed E-state index contributed by atoms with van der Waals surface area (Å²) in [6.45, 7) is 4.59. The summed E-state index contributed by atoms with van der Waals surface area (Å²) >= 11 is 5.62. The third-order valence-electron chi connectivity index (χ3n) is 5.91. The fraction of sp³-hybridized carbons (Fsp3) is 0.478. The van der Waals surface area contributed by atoms with E-state index in [0.717, 1.165) is 22.4 Å². The van der Waals surface area contributed by atoms with Gasteiger partial charge >= 0.3 is 0 Å². The van der Waals surface area contributed by atoms with Crippen LogP contribution in [-0.2, 0) is 0 Å². The number of unbranched alkanes of at least 4 members (excludes halogenated alkanes) is 1. The second kappa shape index (κ2) is 9.00. The maximum atomic E-state index is 13.5. The molecule has 27 heavy (non-hydrogen) atoms. The van der Waals surface area contributed by atoms with Gasteiger partial charge in [-0.05, 0) is 76.0 Å². The van der Waals surface area contributed by atoms with Gasteiger partial charge in [0.1, 0.15) is 11.6 Å². The third kappa shape index (κ3) is 4.54. The lowest BCUT2D eigenvalue weighted by Gasteiger charge is -2.34. The van der Waals surface area contributed by atoms with Gasteiger partial charge in [0, 0.05) is 16.6 Å². The molecule has 1 heterocycles. The van der Waals surface area contributed by atoms with Crippen LogP contribution in [0, 0.1) is 11.2 Å². The van der Waals surface area contributed by atoms with Crippen LogP contribution in [0.4, 0.5) is 4.39 Å². The van der Waals surface area contributed by atoms with E-state index in [1.807, 2.05) is 23.9 Å². The van der Waals surface area contributed by atoms with Crippen molar-refractivity contribution in [2.45, 2.75) is 56.8 Å². The zero-order chi connectivity index (χ0) is 19.4. The molecule has 2 aromatic carbocycles. The van der Waals surface area contributed by atoms with Crippen molar-refractivity contribution in [2.75, 3.05) is 12.9 Å². The molecule has 0 fully saturated rings. The summed E-state index contributed by atoms with van der Waals surface area (Å²) in [6.07, 6.45) is 6.00. The van der Waals surface area contributed by atoms with Gasteiger partial charge in [0.25, 0.3) is 0 Å². The molecule has 3 rings (SSSR count). The first-order chi connectivity index (χ1) is 13.0. The predicted octanol–water partition coefficient (Wildman–Crippen LogP) is 7.81. The lowest BCUT2D eigenvalue weighted by atomic mass is 9.71. The Balaban J connectivity index is 2.09. The highest BCUT2D eigenvalue weighted by Crippen LogP contribution is 2.52. The second-order valence-corrected chi connectivity index (χ2v) is 9.45. The molecule has 1 aliphatic heterocycles. The number of halogens is 2. The van der Waals surface area contributed by atoms with Gasteiger partial charge in [-0.25, -0.2) is 4.39 Å². The van der Waals surface area contributed by atoms with Gasteiger partial charge in [-0.15, -0.1) is 11.8 Å². The number of fused-ring (bicyclic) bond motifs is 1. The molecule has 2 atom stereocenters. The number of hydrogen-bond acceptors (Lipinski definition) is 2. The zero-order valence-electron chi connectivity index (χ0n) is 16.4. The van der Waals surface area contributed by atoms with Crippen molar-refractivity contribution in [2.24, 2.45) is 5.41 Å². The van der Waals surface area contributed by atoms with Crippen molar-refractivity contribution in [3.63, 3.8) is 0 Å². The molecule has 146 valence electrons. The van der Waals surface area contributed by atoms with Crippen LogP contribution in [0.1, 0.15) is 63.0 Å². The van der Waals surface area contributed by atoms with Gasteiger partial charge in [-0.3, -0.25) is 0 Å². The topological polar surface area (TPSA) is 9.23 Å². The van der Waals surface area contributed by atoms with Crippen molar-refractivity contribution >= 4 is 27.7 Å². The van der Waals surface area contributed by atoms with Crippen LogP contribution in [0.5, 0.6) is 5.75 Å². The van der Waals surface area contributed by atoms with Crippen molar-refractivity contribution in [1.29, 1.82) is 0 Å². The minimum Gasteiger partial charge on any atom is -0.496 e. The number of ether oxygens (including phenoxy) is 1. The number of thioether (sulfide) groups is 1. The zero-order valence-corrected chi connectivity index (χ0v) is 18.8. The Morgan fingerprint density at radius 2 is 1.96 bits per heavy atom. The molecule has 0 amide bonds. The SMILES string of the molecule is CCCCC1(CC)CSc2cc(OC)c(Br)cc2C(c2ccc(F)cc2)C1. The van der Waals surface area contributed by atoms with Gasteiger partial charge in [-0.1, -0.05) is 38.8 Å². The number of hydrogen-bond donors (Lipinski definition) is 0. The van der Waals surface area contributed by atoms with Crippen molar-refractivity contribution < 1.29 is 9.13 Å². The molecule has 0 bridgehead atoms. The molecule has 0 N–H and O–H groups in total. The van der Waals surface area contributed by atoms with Gasteiger partial charge in [0.05, 0.1) is 11.6 Å². The van der Waals surface area contributed by atoms with E-state index >= 15 is 0 Å². The number of benzene rings is 2. The fourth-order valence-electron chi connectivity index (χ4n) is 4.08. The Labute approximate surface area is 175 Å². The van der Waals surface area contributed by atoms with Crippen LogP contribution in [-0.4, -0.2) is 12.9 Å². The van der Waals surface area contributed by atoms with Gasteiger partial charge in [0.15, 0.2) is 0 Å². The predicted molar refractivity (Wildman–Crippen MR) is 117 cm³/mol. The van der Waals surface area contributed by atoms with Gasteiger partial charge < -0.3 is 4.74 Å². The summed E-state index contributed by atoms with van der Waals surface area (Å²) in [6, 6.07) is 11.5. The van der Waals surface area contributed by atoms with E-state index in [-0.39, 0.29) is 11.7 Å². The molecule has 0 aliphatic carbocycles. The van der Waals surface area contributed by atoms with Crippen molar-refractivity contribution in [3.05, 3.63) is 57.8 Å². The molecule has 0 spiro atoms. The molecule has 2 unspecified atom stereocenters. The lowest BCUT2D eigenvalue weighted by Crippen LogP contribution is -2.25. The maximum Gasteiger partial charge on any atom is 0.134 e. The summed E-state index contributed by atoms with van der Waals surface area (Å²) in [7, 11) is 1.71. The smallest absolute Gasteiger partial charge is 0.134 e. The number of rotatable bonds is 6. The normalized spacial score (nSPS) is 22.2. The Morgan fingerprint density at radius 3 is 2.59 bits per heavy atom. The van der Waals surface area contributed by atoms with E-state index in [1.165, 1.54) is 41.7 Å². The van der Waals surface area contributed by atoms with E-state index in [9.17, 15) is 4.39 Å². The first-order valence-corrected chi connectivity index (χ1v) is 11.6. The molecule has 0 saturated heterocycles. The van der Waals surface area contributed by atoms with E-state index in [4.69, 9.17) is 4.74 Å². The van der Waals surface area contributed by atoms with E-state index < -0.39 is 0 Å². The Kier molecular flexibility index (Phi) is 6.91. The lowest BCUT2D eigenvalue weighted by molar-refractivity contribution is 0.250. The van der Waals surface area contributed by atoms with Crippen molar-refractivity contribution in [3.8, 4) is 5.75 Å². The van der Waals surface area contributed by atoms with Crippen LogP contribution in [0.25, 0.3) is 0 Å². The van der Waals surface area contributed by atoms with Crippen LogP contribution >= 0.6 is 27.7 Å². The Morgan fingerprint density at radius 1 is 1.22 bits per heavy atom. The Hall–Kier alpha value is -1.00. The summed E-state index contributed by atoms with van der Waals surface area (Å²) in [5.41, 5.74) is 2.83.